The van der Waals surface area contributed by atoms with Gasteiger partial charge in [0.25, 0.3) is 0 Å². The van der Waals surface area contributed by atoms with Crippen LogP contribution in [0.3, 0.4) is 0 Å². The first-order chi connectivity index (χ1) is 15.0. The van der Waals surface area contributed by atoms with Gasteiger partial charge < -0.3 is 31.6 Å². The van der Waals surface area contributed by atoms with Crippen molar-refractivity contribution in [1.29, 1.82) is 0 Å². The van der Waals surface area contributed by atoms with Crippen molar-refractivity contribution in [3.8, 4) is 0 Å². The minimum atomic E-state index is 0.0725. The van der Waals surface area contributed by atoms with Crippen LogP contribution in [-0.2, 0) is 9.47 Å². The summed E-state index contributed by atoms with van der Waals surface area (Å²) in [5.74, 6) is 1.70. The van der Waals surface area contributed by atoms with E-state index in [1.54, 1.807) is 12.3 Å². The molecule has 0 aromatic carbocycles. The van der Waals surface area contributed by atoms with Crippen molar-refractivity contribution in [2.24, 2.45) is 11.1 Å². The van der Waals surface area contributed by atoms with Crippen LogP contribution >= 0.6 is 23.4 Å². The van der Waals surface area contributed by atoms with Crippen LogP contribution in [-0.4, -0.2) is 60.5 Å². The average molecular weight is 464 g/mol. The van der Waals surface area contributed by atoms with Crippen molar-refractivity contribution < 1.29 is 9.47 Å². The molecule has 0 radical (unpaired) electrons. The van der Waals surface area contributed by atoms with E-state index in [4.69, 9.17) is 48.2 Å². The smallest absolute Gasteiger partial charge is 0.158 e. The zero-order chi connectivity index (χ0) is 21.6. The van der Waals surface area contributed by atoms with Gasteiger partial charge in [0.15, 0.2) is 11.6 Å². The third-order valence-corrected chi connectivity index (χ3v) is 8.10. The maximum absolute atomic E-state index is 6.35. The van der Waals surface area contributed by atoms with Crippen LogP contribution in [0.25, 0.3) is 0 Å². The fourth-order valence-electron chi connectivity index (χ4n) is 4.39. The molecule has 2 aromatic rings. The lowest BCUT2D eigenvalue weighted by atomic mass is 9.75. The number of aromatic nitrogens is 3. The molecule has 5 rings (SSSR count). The number of nitrogens with zero attached hydrogens (tertiary/aromatic N) is 4. The standard InChI is InChI=1S/C20H26ClN7O2S/c21-14-12(1-4-25-16(14)23)31-19-17(24)27-18(15(26-19)11-7-29-8-11)28-5-2-20(3-6-28)10-30-9-13(20)22/h1,4,11,13H,2-3,5-10,22H2,(H2,23,25)(H2,24,27)/t13-/m1/s1. The Bertz CT molecular complexity index is 982. The van der Waals surface area contributed by atoms with Crippen LogP contribution < -0.4 is 22.1 Å². The molecular formula is C20H26ClN7O2S. The summed E-state index contributed by atoms with van der Waals surface area (Å²) in [4.78, 5) is 16.7. The summed E-state index contributed by atoms with van der Waals surface area (Å²) >= 11 is 7.66. The molecule has 0 bridgehead atoms. The number of nitrogens with two attached hydrogens (primary N) is 3. The van der Waals surface area contributed by atoms with Crippen molar-refractivity contribution in [2.75, 3.05) is 55.9 Å². The SMILES string of the molecule is Nc1nc(N2CCC3(CC2)COC[C@H]3N)c(C2COC2)nc1Sc1ccnc(N)c1Cl. The molecule has 0 amide bonds. The highest BCUT2D eigenvalue weighted by atomic mass is 35.5. The molecule has 5 heterocycles. The largest absolute Gasteiger partial charge is 0.382 e. The molecule has 6 N–H and O–H groups in total. The molecule has 3 aliphatic heterocycles. The Hall–Kier alpha value is -1.85. The zero-order valence-corrected chi connectivity index (χ0v) is 18.7. The van der Waals surface area contributed by atoms with E-state index in [2.05, 4.69) is 9.88 Å². The highest BCUT2D eigenvalue weighted by molar-refractivity contribution is 7.99. The molecule has 3 fully saturated rings. The predicted molar refractivity (Wildman–Crippen MR) is 120 cm³/mol. The maximum Gasteiger partial charge on any atom is 0.158 e. The average Bonchev–Trinajstić information content (AvgIpc) is 3.07. The second kappa shape index (κ2) is 8.25. The molecule has 1 spiro atoms. The summed E-state index contributed by atoms with van der Waals surface area (Å²) in [7, 11) is 0. The fourth-order valence-corrected chi connectivity index (χ4v) is 5.44. The van der Waals surface area contributed by atoms with Crippen molar-refractivity contribution in [3.05, 3.63) is 23.0 Å². The Morgan fingerprint density at radius 1 is 1.10 bits per heavy atom. The van der Waals surface area contributed by atoms with Gasteiger partial charge in [-0.3, -0.25) is 0 Å². The van der Waals surface area contributed by atoms with Crippen LogP contribution in [0.2, 0.25) is 5.02 Å². The molecule has 3 aliphatic rings. The lowest BCUT2D eigenvalue weighted by molar-refractivity contribution is 0.00650. The molecule has 2 aromatic heterocycles. The third kappa shape index (κ3) is 3.80. The first kappa shape index (κ1) is 21.0. The number of pyridine rings is 1. The number of ether oxygens (including phenoxy) is 2. The van der Waals surface area contributed by atoms with Crippen LogP contribution in [0.15, 0.2) is 22.2 Å². The number of hydrogen-bond donors (Lipinski definition) is 3. The first-order valence-electron chi connectivity index (χ1n) is 10.4. The highest BCUT2D eigenvalue weighted by Crippen LogP contribution is 2.43. The Kier molecular flexibility index (Phi) is 5.59. The predicted octanol–water partition coefficient (Wildman–Crippen LogP) is 1.90. The minimum absolute atomic E-state index is 0.0725. The van der Waals surface area contributed by atoms with E-state index in [1.807, 2.05) is 0 Å². The minimum Gasteiger partial charge on any atom is -0.382 e. The molecular weight excluding hydrogens is 438 g/mol. The van der Waals surface area contributed by atoms with E-state index < -0.39 is 0 Å². The van der Waals surface area contributed by atoms with E-state index >= 15 is 0 Å². The van der Waals surface area contributed by atoms with Gasteiger partial charge in [-0.25, -0.2) is 15.0 Å². The van der Waals surface area contributed by atoms with Gasteiger partial charge in [-0.05, 0) is 18.9 Å². The maximum atomic E-state index is 6.35. The van der Waals surface area contributed by atoms with E-state index in [0.717, 1.165) is 48.9 Å². The quantitative estimate of drug-likeness (QED) is 0.615. The van der Waals surface area contributed by atoms with Crippen LogP contribution in [0.1, 0.15) is 24.5 Å². The van der Waals surface area contributed by atoms with Gasteiger partial charge in [0.2, 0.25) is 0 Å². The molecule has 3 saturated heterocycles. The van der Waals surface area contributed by atoms with Gasteiger partial charge in [0.05, 0.1) is 43.1 Å². The van der Waals surface area contributed by atoms with E-state index in [9.17, 15) is 0 Å². The lowest BCUT2D eigenvalue weighted by Gasteiger charge is -2.42. The molecule has 11 heteroatoms. The molecule has 0 saturated carbocycles. The Balaban J connectivity index is 1.43. The molecule has 0 unspecified atom stereocenters. The summed E-state index contributed by atoms with van der Waals surface area (Å²) in [5, 5.41) is 1.00. The second-order valence-electron chi connectivity index (χ2n) is 8.44. The summed E-state index contributed by atoms with van der Waals surface area (Å²) in [6, 6.07) is 1.89. The van der Waals surface area contributed by atoms with Crippen LogP contribution in [0.4, 0.5) is 17.5 Å². The lowest BCUT2D eigenvalue weighted by Crippen LogP contribution is -2.49. The number of anilines is 3. The van der Waals surface area contributed by atoms with Crippen molar-refractivity contribution >= 4 is 40.8 Å². The number of hydrogen-bond acceptors (Lipinski definition) is 10. The van der Waals surface area contributed by atoms with Crippen molar-refractivity contribution in [2.45, 2.75) is 34.7 Å². The monoisotopic (exact) mass is 463 g/mol. The molecule has 0 aliphatic carbocycles. The summed E-state index contributed by atoms with van der Waals surface area (Å²) in [5.41, 5.74) is 19.5. The second-order valence-corrected chi connectivity index (χ2v) is 9.85. The number of piperidine rings is 1. The van der Waals surface area contributed by atoms with Crippen molar-refractivity contribution in [3.63, 3.8) is 0 Å². The topological polar surface area (TPSA) is 138 Å². The Labute approximate surface area is 190 Å². The Morgan fingerprint density at radius 3 is 2.52 bits per heavy atom. The van der Waals surface area contributed by atoms with Crippen LogP contribution in [0.5, 0.6) is 0 Å². The van der Waals surface area contributed by atoms with Gasteiger partial charge in [-0.2, -0.15) is 0 Å². The molecule has 9 nitrogen and oxygen atoms in total. The zero-order valence-electron chi connectivity index (χ0n) is 17.1. The van der Waals surface area contributed by atoms with Gasteiger partial charge in [-0.15, -0.1) is 0 Å². The van der Waals surface area contributed by atoms with E-state index in [-0.39, 0.29) is 23.2 Å². The van der Waals surface area contributed by atoms with E-state index in [1.165, 1.54) is 11.8 Å². The van der Waals surface area contributed by atoms with Gasteiger partial charge in [-0.1, -0.05) is 23.4 Å². The van der Waals surface area contributed by atoms with E-state index in [0.29, 0.717) is 35.7 Å². The summed E-state index contributed by atoms with van der Waals surface area (Å²) < 4.78 is 11.1. The first-order valence-corrected chi connectivity index (χ1v) is 11.6. The molecule has 31 heavy (non-hydrogen) atoms. The number of rotatable bonds is 4. The highest BCUT2D eigenvalue weighted by Gasteiger charge is 2.45. The van der Waals surface area contributed by atoms with Gasteiger partial charge >= 0.3 is 0 Å². The normalized spacial score (nSPS) is 23.3. The summed E-state index contributed by atoms with van der Waals surface area (Å²) in [6.07, 6.45) is 3.56. The van der Waals surface area contributed by atoms with Crippen molar-refractivity contribution in [1.82, 2.24) is 15.0 Å². The number of halogens is 1. The molecule has 1 atom stereocenters. The van der Waals surface area contributed by atoms with Gasteiger partial charge in [0.1, 0.15) is 10.8 Å². The molecule has 166 valence electrons. The van der Waals surface area contributed by atoms with Crippen LogP contribution in [0, 0.1) is 5.41 Å². The Morgan fingerprint density at radius 2 is 1.87 bits per heavy atom. The third-order valence-electron chi connectivity index (χ3n) is 6.54. The fraction of sp³-hybridized carbons (Fsp3) is 0.550. The van der Waals surface area contributed by atoms with Gasteiger partial charge in [0, 0.05) is 35.6 Å². The summed E-state index contributed by atoms with van der Waals surface area (Å²) in [6.45, 7) is 4.36. The number of nitrogen functional groups attached to an aromatic ring is 2.